The fourth-order valence-electron chi connectivity index (χ4n) is 5.08. The van der Waals surface area contributed by atoms with Crippen molar-refractivity contribution >= 4 is 16.0 Å². The number of phenolic OH excluding ortho intramolecular Hbond substituents is 1. The molecule has 0 radical (unpaired) electrons. The highest BCUT2D eigenvalue weighted by Crippen LogP contribution is 2.25. The fraction of sp³-hybridized carbons (Fsp3) is 0.472. The maximum atomic E-state index is 13.1. The molecule has 0 saturated heterocycles. The van der Waals surface area contributed by atoms with Crippen LogP contribution in [-0.2, 0) is 42.9 Å². The van der Waals surface area contributed by atoms with E-state index in [1.54, 1.807) is 30.3 Å². The molecule has 3 aromatic rings. The van der Waals surface area contributed by atoms with Crippen LogP contribution in [0.4, 0.5) is 0 Å². The summed E-state index contributed by atoms with van der Waals surface area (Å²) in [5.41, 5.74) is 2.28. The lowest BCUT2D eigenvalue weighted by molar-refractivity contribution is -0.142. The Hall–Kier alpha value is -3.28. The molecule has 0 unspecified atom stereocenters. The Labute approximate surface area is 274 Å². The van der Waals surface area contributed by atoms with E-state index in [-0.39, 0.29) is 17.3 Å². The van der Waals surface area contributed by atoms with Crippen molar-refractivity contribution in [1.29, 1.82) is 0 Å². The number of hydrogen-bond donors (Lipinski definition) is 4. The molecule has 3 aromatic carbocycles. The molecule has 0 fully saturated rings. The fourth-order valence-corrected chi connectivity index (χ4v) is 6.56. The van der Waals surface area contributed by atoms with E-state index < -0.39 is 27.6 Å². The highest BCUT2D eigenvalue weighted by Gasteiger charge is 2.28. The van der Waals surface area contributed by atoms with Crippen LogP contribution >= 0.6 is 0 Å². The summed E-state index contributed by atoms with van der Waals surface area (Å²) in [5, 5.41) is 23.7. The first-order chi connectivity index (χ1) is 22.0. The zero-order valence-electron chi connectivity index (χ0n) is 27.3. The minimum absolute atomic E-state index is 0.0300. The van der Waals surface area contributed by atoms with E-state index in [4.69, 9.17) is 9.47 Å². The Bertz CT molecular complexity index is 1460. The highest BCUT2D eigenvalue weighted by atomic mass is 32.2. The Morgan fingerprint density at radius 2 is 1.61 bits per heavy atom. The molecule has 10 heteroatoms. The Morgan fingerprint density at radius 1 is 0.891 bits per heavy atom. The molecule has 0 aliphatic rings. The van der Waals surface area contributed by atoms with Gasteiger partial charge in [0.15, 0.2) is 0 Å². The lowest BCUT2D eigenvalue weighted by atomic mass is 9.96. The van der Waals surface area contributed by atoms with Gasteiger partial charge in [-0.2, -0.15) is 0 Å². The van der Waals surface area contributed by atoms with Crippen molar-refractivity contribution in [2.24, 2.45) is 0 Å². The average Bonchev–Trinajstić information content (AvgIpc) is 3.02. The van der Waals surface area contributed by atoms with Gasteiger partial charge >= 0.3 is 5.97 Å². The predicted octanol–water partition coefficient (Wildman–Crippen LogP) is 5.89. The maximum Gasteiger partial charge on any atom is 0.302 e. The number of unbranched alkanes of at least 4 members (excludes halogenated alkanes) is 4. The largest absolute Gasteiger partial charge is 0.508 e. The molecule has 0 aromatic heterocycles. The summed E-state index contributed by atoms with van der Waals surface area (Å²) in [4.78, 5) is 11.3. The first kappa shape index (κ1) is 37.2. The third-order valence-electron chi connectivity index (χ3n) is 7.75. The molecule has 0 spiro atoms. The summed E-state index contributed by atoms with van der Waals surface area (Å²) in [5.74, 6) is -0.399. The van der Waals surface area contributed by atoms with Crippen LogP contribution in [0, 0.1) is 0 Å². The number of carbonyl (C=O) groups excluding carboxylic acids is 1. The van der Waals surface area contributed by atoms with Gasteiger partial charge in [-0.15, -0.1) is 0 Å². The molecule has 0 aliphatic carbocycles. The molecular formula is C36H50N2O7S. The van der Waals surface area contributed by atoms with E-state index >= 15 is 0 Å². The molecule has 252 valence electrons. The molecule has 0 heterocycles. The first-order valence-electron chi connectivity index (χ1n) is 16.1. The van der Waals surface area contributed by atoms with Crippen LogP contribution in [0.5, 0.6) is 5.75 Å². The zero-order valence-corrected chi connectivity index (χ0v) is 28.2. The normalized spacial score (nSPS) is 12.6. The first-order valence-corrected chi connectivity index (χ1v) is 17.6. The lowest BCUT2D eigenvalue weighted by Gasteiger charge is -2.26. The lowest BCUT2D eigenvalue weighted by Crippen LogP contribution is -2.40. The van der Waals surface area contributed by atoms with Crippen LogP contribution < -0.4 is 10.0 Å². The molecule has 0 aliphatic heterocycles. The number of benzene rings is 3. The van der Waals surface area contributed by atoms with Crippen LogP contribution in [0.1, 0.15) is 87.7 Å². The van der Waals surface area contributed by atoms with Gasteiger partial charge in [0.1, 0.15) is 12.4 Å². The number of aryl methyl sites for hydroxylation is 1. The zero-order chi connectivity index (χ0) is 33.4. The van der Waals surface area contributed by atoms with E-state index in [1.165, 1.54) is 13.0 Å². The summed E-state index contributed by atoms with van der Waals surface area (Å²) in [6, 6.07) is 21.5. The van der Waals surface area contributed by atoms with Gasteiger partial charge in [0, 0.05) is 32.2 Å². The van der Waals surface area contributed by atoms with Crippen LogP contribution in [0.15, 0.2) is 77.7 Å². The number of aromatic hydroxyl groups is 1. The molecule has 3 rings (SSSR count). The quantitative estimate of drug-likeness (QED) is 0.0825. The molecule has 9 nitrogen and oxygen atoms in total. The van der Waals surface area contributed by atoms with Crippen molar-refractivity contribution in [3.8, 4) is 5.75 Å². The number of aliphatic hydroxyl groups excluding tert-OH is 1. The van der Waals surface area contributed by atoms with Crippen LogP contribution in [0.2, 0.25) is 0 Å². The van der Waals surface area contributed by atoms with Gasteiger partial charge in [0.2, 0.25) is 10.0 Å². The highest BCUT2D eigenvalue weighted by molar-refractivity contribution is 7.89. The van der Waals surface area contributed by atoms with Crippen molar-refractivity contribution < 1.29 is 32.9 Å². The number of phenols is 1. The number of aliphatic hydroxyl groups is 1. The van der Waals surface area contributed by atoms with Crippen LogP contribution in [0.25, 0.3) is 0 Å². The Morgan fingerprint density at radius 3 is 2.35 bits per heavy atom. The van der Waals surface area contributed by atoms with Gasteiger partial charge in [-0.05, 0) is 93.5 Å². The minimum atomic E-state index is -3.68. The second kappa shape index (κ2) is 18.8. The third-order valence-corrected chi connectivity index (χ3v) is 9.40. The van der Waals surface area contributed by atoms with Crippen molar-refractivity contribution in [1.82, 2.24) is 10.0 Å². The van der Waals surface area contributed by atoms with Gasteiger partial charge in [0.05, 0.1) is 16.5 Å². The van der Waals surface area contributed by atoms with Crippen molar-refractivity contribution in [3.05, 3.63) is 95.1 Å². The van der Waals surface area contributed by atoms with Gasteiger partial charge in [-0.25, -0.2) is 13.1 Å². The number of ether oxygens (including phenoxy) is 2. The monoisotopic (exact) mass is 654 g/mol. The second-order valence-corrected chi connectivity index (χ2v) is 13.8. The molecule has 0 bridgehead atoms. The van der Waals surface area contributed by atoms with E-state index in [1.807, 2.05) is 50.2 Å². The van der Waals surface area contributed by atoms with Crippen molar-refractivity contribution in [2.45, 2.75) is 88.9 Å². The number of nitrogens with one attached hydrogen (secondary N) is 2. The van der Waals surface area contributed by atoms with Gasteiger partial charge in [-0.3, -0.25) is 4.79 Å². The Kier molecular flexibility index (Phi) is 15.2. The summed E-state index contributed by atoms with van der Waals surface area (Å²) in [7, 11) is -3.68. The summed E-state index contributed by atoms with van der Waals surface area (Å²) < 4.78 is 39.8. The maximum absolute atomic E-state index is 13.1. The van der Waals surface area contributed by atoms with Crippen molar-refractivity contribution in [3.63, 3.8) is 0 Å². The standard InChI is InChI=1S/C36H50N2O7S/c1-28(39)45-27-31-25-30(19-20-34(31)40)35(41)26-37-21-10-4-5-11-22-44-23-12-9-14-29-15-13-18-33(24-29)46(42,43)38-36(2,3)32-16-7-6-8-17-32/h6-8,13,15-20,24-25,35,37-38,40-41H,4-5,9-12,14,21-23,26-27H2,1-3H3/t35-/m0/s1. The van der Waals surface area contributed by atoms with Crippen LogP contribution in [0.3, 0.4) is 0 Å². The van der Waals surface area contributed by atoms with Crippen LogP contribution in [-0.4, -0.2) is 50.9 Å². The average molecular weight is 655 g/mol. The van der Waals surface area contributed by atoms with Gasteiger partial charge < -0.3 is 25.0 Å². The van der Waals surface area contributed by atoms with Gasteiger partial charge in [0.25, 0.3) is 0 Å². The number of esters is 1. The third kappa shape index (κ3) is 12.8. The molecule has 46 heavy (non-hydrogen) atoms. The number of hydrogen-bond acceptors (Lipinski definition) is 8. The smallest absolute Gasteiger partial charge is 0.302 e. The molecule has 0 amide bonds. The van der Waals surface area contributed by atoms with Crippen molar-refractivity contribution in [2.75, 3.05) is 26.3 Å². The molecular weight excluding hydrogens is 604 g/mol. The molecule has 0 saturated carbocycles. The number of carbonyl (C=O) groups is 1. The SMILES string of the molecule is CC(=O)OCc1cc([C@@H](O)CNCCCCCCOCCCCc2cccc(S(=O)(=O)NC(C)(C)c3ccccc3)c2)ccc1O. The summed E-state index contributed by atoms with van der Waals surface area (Å²) in [6.45, 7) is 7.59. The molecule has 1 atom stereocenters. The predicted molar refractivity (Wildman–Crippen MR) is 180 cm³/mol. The summed E-state index contributed by atoms with van der Waals surface area (Å²) in [6.07, 6.45) is 6.01. The number of sulfonamides is 1. The van der Waals surface area contributed by atoms with E-state index in [9.17, 15) is 23.4 Å². The van der Waals surface area contributed by atoms with Gasteiger partial charge in [-0.1, -0.05) is 61.4 Å². The summed E-state index contributed by atoms with van der Waals surface area (Å²) >= 11 is 0. The Balaban J connectivity index is 1.23. The van der Waals surface area contributed by atoms with E-state index in [2.05, 4.69) is 10.0 Å². The topological polar surface area (TPSA) is 134 Å². The number of rotatable bonds is 21. The van der Waals surface area contributed by atoms with E-state index in [0.29, 0.717) is 24.3 Å². The minimum Gasteiger partial charge on any atom is -0.508 e. The van der Waals surface area contributed by atoms with E-state index in [0.717, 1.165) is 69.2 Å². The molecule has 4 N–H and O–H groups in total. The second-order valence-electron chi connectivity index (χ2n) is 12.1.